The van der Waals surface area contributed by atoms with Gasteiger partial charge in [0.05, 0.1) is 5.92 Å². The van der Waals surface area contributed by atoms with E-state index in [9.17, 15) is 23.1 Å². The number of rotatable bonds is 5. The smallest absolute Gasteiger partial charge is 0.433 e. The number of carboxylic acid groups (broad SMARTS) is 1. The molecule has 0 saturated heterocycles. The Morgan fingerprint density at radius 3 is 2.50 bits per heavy atom. The first kappa shape index (κ1) is 26.4. The van der Waals surface area contributed by atoms with Gasteiger partial charge in [0.25, 0.3) is 0 Å². The summed E-state index contributed by atoms with van der Waals surface area (Å²) in [5, 5.41) is 9.60. The summed E-state index contributed by atoms with van der Waals surface area (Å²) >= 11 is 1.30. The van der Waals surface area contributed by atoms with Gasteiger partial charge in [-0.2, -0.15) is 13.2 Å². The Balaban J connectivity index is 1.54. The van der Waals surface area contributed by atoms with E-state index < -0.39 is 29.4 Å². The maximum absolute atomic E-state index is 15.9. The molecule has 11 heteroatoms. The van der Waals surface area contributed by atoms with Crippen molar-refractivity contribution in [1.29, 1.82) is 0 Å². The van der Waals surface area contributed by atoms with Crippen LogP contribution in [0.4, 0.5) is 23.5 Å². The van der Waals surface area contributed by atoms with Gasteiger partial charge in [-0.25, -0.2) is 24.3 Å². The highest BCUT2D eigenvalue weighted by molar-refractivity contribution is 7.11. The number of thiazole rings is 1. The lowest BCUT2D eigenvalue weighted by Gasteiger charge is -2.34. The van der Waals surface area contributed by atoms with Crippen molar-refractivity contribution < 1.29 is 27.5 Å². The predicted molar refractivity (Wildman–Crippen MR) is 128 cm³/mol. The number of aliphatic carboxylic acids is 1. The van der Waals surface area contributed by atoms with Crippen molar-refractivity contribution in [3.05, 3.63) is 45.7 Å². The molecule has 3 atom stereocenters. The number of allylic oxidation sites excluding steroid dienone is 2. The monoisotopic (exact) mass is 524 g/mol. The van der Waals surface area contributed by atoms with Gasteiger partial charge in [-0.15, -0.1) is 11.3 Å². The number of hydrogen-bond acceptors (Lipinski definition) is 6. The average Bonchev–Trinajstić information content (AvgIpc) is 3.32. The summed E-state index contributed by atoms with van der Waals surface area (Å²) in [5.74, 6) is -1.75. The molecule has 0 aliphatic heterocycles. The highest BCUT2D eigenvalue weighted by Gasteiger charge is 2.42. The van der Waals surface area contributed by atoms with Crippen LogP contribution in [0.5, 0.6) is 0 Å². The normalized spacial score (nSPS) is 28.0. The van der Waals surface area contributed by atoms with E-state index in [0.29, 0.717) is 42.8 Å². The molecule has 0 bridgehead atoms. The lowest BCUT2D eigenvalue weighted by Crippen LogP contribution is -2.32. The van der Waals surface area contributed by atoms with Crippen molar-refractivity contribution in [2.45, 2.75) is 70.6 Å². The van der Waals surface area contributed by atoms with Gasteiger partial charge in [0.2, 0.25) is 5.95 Å². The molecular weight excluding hydrogens is 496 g/mol. The number of carbonyl (C=O) groups is 1. The van der Waals surface area contributed by atoms with Crippen molar-refractivity contribution >= 4 is 29.0 Å². The van der Waals surface area contributed by atoms with Gasteiger partial charge < -0.3 is 5.11 Å². The van der Waals surface area contributed by atoms with E-state index in [0.717, 1.165) is 22.7 Å². The Morgan fingerprint density at radius 1 is 1.17 bits per heavy atom. The second-order valence-electron chi connectivity index (χ2n) is 9.86. The Labute approximate surface area is 210 Å². The Hall–Kier alpha value is -2.69. The van der Waals surface area contributed by atoms with Crippen molar-refractivity contribution in [2.75, 3.05) is 0 Å². The minimum atomic E-state index is -4.59. The maximum Gasteiger partial charge on any atom is 0.433 e. The van der Waals surface area contributed by atoms with Crippen LogP contribution >= 0.6 is 11.3 Å². The van der Waals surface area contributed by atoms with Crippen LogP contribution in [0.15, 0.2) is 35.1 Å². The molecule has 2 aromatic heterocycles. The minimum Gasteiger partial charge on any atom is -0.481 e. The lowest BCUT2D eigenvalue weighted by atomic mass is 9.75. The number of aromatic nitrogens is 3. The number of hydrogen-bond donors (Lipinski definition) is 1. The van der Waals surface area contributed by atoms with Crippen molar-refractivity contribution in [3.63, 3.8) is 0 Å². The zero-order valence-electron chi connectivity index (χ0n) is 20.2. The van der Waals surface area contributed by atoms with E-state index in [4.69, 9.17) is 0 Å². The van der Waals surface area contributed by atoms with E-state index in [1.807, 2.05) is 13.0 Å². The molecule has 0 aromatic carbocycles. The molecule has 0 amide bonds. The average molecular weight is 525 g/mol. The molecule has 3 unspecified atom stereocenters. The summed E-state index contributed by atoms with van der Waals surface area (Å²) in [6.07, 6.45) is 2.31. The van der Waals surface area contributed by atoms with Gasteiger partial charge in [-0.3, -0.25) is 4.79 Å². The number of carboxylic acids is 1. The SMILES string of the molecule is CC1=CC(=Nc2nccc(C(F)(F)F)n2)CC(c2cnc(C(C)(F)C3CCC(C(=O)O)CC3)s2)C1C. The zero-order valence-corrected chi connectivity index (χ0v) is 21.0. The summed E-state index contributed by atoms with van der Waals surface area (Å²) < 4.78 is 55.0. The molecule has 6 nitrogen and oxygen atoms in total. The highest BCUT2D eigenvalue weighted by atomic mass is 32.1. The van der Waals surface area contributed by atoms with Crippen LogP contribution in [0, 0.1) is 17.8 Å². The van der Waals surface area contributed by atoms with Crippen LogP contribution in [0.3, 0.4) is 0 Å². The Bertz CT molecular complexity index is 1180. The van der Waals surface area contributed by atoms with E-state index in [1.54, 1.807) is 6.20 Å². The minimum absolute atomic E-state index is 0.0654. The van der Waals surface area contributed by atoms with E-state index in [1.165, 1.54) is 18.3 Å². The summed E-state index contributed by atoms with van der Waals surface area (Å²) in [7, 11) is 0. The van der Waals surface area contributed by atoms with E-state index in [-0.39, 0.29) is 23.7 Å². The van der Waals surface area contributed by atoms with Crippen LogP contribution in [-0.2, 0) is 16.6 Å². The summed E-state index contributed by atoms with van der Waals surface area (Å²) in [4.78, 5) is 28.2. The number of alkyl halides is 4. The highest BCUT2D eigenvalue weighted by Crippen LogP contribution is 2.47. The molecule has 36 heavy (non-hydrogen) atoms. The molecule has 1 fully saturated rings. The quantitative estimate of drug-likeness (QED) is 0.431. The molecule has 194 valence electrons. The van der Waals surface area contributed by atoms with Crippen LogP contribution in [0.25, 0.3) is 0 Å². The van der Waals surface area contributed by atoms with Crippen LogP contribution < -0.4 is 0 Å². The number of halogens is 4. The van der Waals surface area contributed by atoms with Crippen LogP contribution in [0.1, 0.15) is 74.4 Å². The van der Waals surface area contributed by atoms with Crippen LogP contribution in [0.2, 0.25) is 0 Å². The first-order chi connectivity index (χ1) is 16.9. The standard InChI is InChI=1S/C25H28F4N4O2S/c1-13-10-17(32-23-30-9-8-20(33-23)25(27,28)29)11-18(14(13)2)19-12-31-22(36-19)24(3,26)16-6-4-15(5-7-16)21(34)35/h8-10,12,14-16,18H,4-7,11H2,1-3H3,(H,34,35). The zero-order chi connectivity index (χ0) is 26.3. The largest absolute Gasteiger partial charge is 0.481 e. The summed E-state index contributed by atoms with van der Waals surface area (Å²) in [5.41, 5.74) is -1.16. The predicted octanol–water partition coefficient (Wildman–Crippen LogP) is 6.87. The fraction of sp³-hybridized carbons (Fsp3) is 0.560. The molecule has 1 N–H and O–H groups in total. The molecule has 4 rings (SSSR count). The van der Waals surface area contributed by atoms with Gasteiger partial charge in [-0.1, -0.05) is 12.5 Å². The Kier molecular flexibility index (Phi) is 7.32. The van der Waals surface area contributed by atoms with Gasteiger partial charge in [0.15, 0.2) is 5.67 Å². The molecular formula is C25H28F4N4O2S. The lowest BCUT2D eigenvalue weighted by molar-refractivity contribution is -0.143. The third-order valence-corrected chi connectivity index (χ3v) is 8.81. The Morgan fingerprint density at radius 2 is 1.86 bits per heavy atom. The molecule has 1 saturated carbocycles. The van der Waals surface area contributed by atoms with Crippen molar-refractivity contribution in [3.8, 4) is 0 Å². The van der Waals surface area contributed by atoms with Gasteiger partial charge in [0, 0.05) is 28.9 Å². The van der Waals surface area contributed by atoms with Crippen LogP contribution in [-0.4, -0.2) is 31.7 Å². The van der Waals surface area contributed by atoms with E-state index in [2.05, 4.69) is 26.9 Å². The maximum atomic E-state index is 15.9. The molecule has 0 radical (unpaired) electrons. The third kappa shape index (κ3) is 5.50. The second kappa shape index (κ2) is 9.99. The van der Waals surface area contributed by atoms with Gasteiger partial charge in [0.1, 0.15) is 10.7 Å². The topological polar surface area (TPSA) is 88.3 Å². The second-order valence-corrected chi connectivity index (χ2v) is 10.9. The first-order valence-electron chi connectivity index (χ1n) is 11.9. The van der Waals surface area contributed by atoms with Crippen molar-refractivity contribution in [1.82, 2.24) is 15.0 Å². The molecule has 2 aliphatic carbocycles. The first-order valence-corrected chi connectivity index (χ1v) is 12.7. The van der Waals surface area contributed by atoms with Gasteiger partial charge >= 0.3 is 12.1 Å². The summed E-state index contributed by atoms with van der Waals surface area (Å²) in [6, 6.07) is 0.803. The fourth-order valence-electron chi connectivity index (χ4n) is 5.03. The fourth-order valence-corrected chi connectivity index (χ4v) is 6.27. The van der Waals surface area contributed by atoms with E-state index >= 15 is 4.39 Å². The molecule has 2 aromatic rings. The number of aliphatic imine (C=N–C) groups is 1. The van der Waals surface area contributed by atoms with Crippen molar-refractivity contribution in [2.24, 2.45) is 22.7 Å². The summed E-state index contributed by atoms with van der Waals surface area (Å²) in [6.45, 7) is 5.51. The molecule has 2 aliphatic rings. The number of nitrogens with zero attached hydrogens (tertiary/aromatic N) is 4. The molecule has 2 heterocycles. The van der Waals surface area contributed by atoms with Gasteiger partial charge in [-0.05, 0) is 69.9 Å². The molecule has 0 spiro atoms. The third-order valence-electron chi connectivity index (χ3n) is 7.47.